The van der Waals surface area contributed by atoms with Gasteiger partial charge in [0.1, 0.15) is 0 Å². The fraction of sp³-hybridized carbons (Fsp3) is 0.182. The summed E-state index contributed by atoms with van der Waals surface area (Å²) < 4.78 is 0. The van der Waals surface area contributed by atoms with E-state index in [1.54, 1.807) is 0 Å². The molecular weight excluding hydrogens is 382 g/mol. The third kappa shape index (κ3) is 3.53. The quantitative estimate of drug-likeness (QED) is 0.502. The van der Waals surface area contributed by atoms with Crippen molar-refractivity contribution in [3.8, 4) is 0 Å². The molecule has 4 N–H and O–H groups in total. The molecule has 6 heteroatoms. The first kappa shape index (κ1) is 18.4. The first-order chi connectivity index (χ1) is 13.9. The van der Waals surface area contributed by atoms with Crippen LogP contribution in [0.15, 0.2) is 84.9 Å². The largest absolute Gasteiger partial charge is 0.252 e. The van der Waals surface area contributed by atoms with Gasteiger partial charge in [-0.15, -0.1) is 0 Å². The minimum absolute atomic E-state index is 0.353. The smallest absolute Gasteiger partial charge is 0.0711 e. The molecule has 3 aromatic rings. The van der Waals surface area contributed by atoms with Crippen LogP contribution in [-0.2, 0) is 0 Å². The lowest BCUT2D eigenvalue weighted by Crippen LogP contribution is -2.27. The molecule has 3 aromatic carbocycles. The van der Waals surface area contributed by atoms with Gasteiger partial charge >= 0.3 is 0 Å². The number of benzene rings is 3. The Morgan fingerprint density at radius 3 is 1.36 bits per heavy atom. The molecule has 4 nitrogen and oxygen atoms in total. The highest BCUT2D eigenvalue weighted by molar-refractivity contribution is 7.72. The molecule has 2 unspecified atom stereocenters. The Hall–Kier alpha value is -1.64. The van der Waals surface area contributed by atoms with E-state index in [9.17, 15) is 0 Å². The average molecular weight is 406 g/mol. The van der Waals surface area contributed by atoms with Gasteiger partial charge in [-0.3, -0.25) is 10.9 Å². The van der Waals surface area contributed by atoms with Crippen molar-refractivity contribution in [3.05, 3.63) is 96.1 Å². The molecule has 0 amide bonds. The van der Waals surface area contributed by atoms with E-state index in [-0.39, 0.29) is 15.8 Å². The van der Waals surface area contributed by atoms with Crippen molar-refractivity contribution in [1.82, 2.24) is 21.7 Å². The Kier molecular flexibility index (Phi) is 5.51. The highest BCUT2D eigenvalue weighted by atomic mass is 31.1. The minimum atomic E-state index is -0.366. The standard InChI is InChI=1S/C22H24N4P2/c1-3-9-17(10-4-1)21-25-23-15-27(21)19-13-7-8-14-20(19)28-16-24-26-22(28)18-11-5-2-6-12-18/h1-14,21-26H,15-16H2/t21-,22-,27?,28?/m0/s1. The minimum Gasteiger partial charge on any atom is -0.252 e. The fourth-order valence-corrected chi connectivity index (χ4v) is 9.40. The van der Waals surface area contributed by atoms with Gasteiger partial charge in [-0.2, -0.15) is 0 Å². The predicted molar refractivity (Wildman–Crippen MR) is 120 cm³/mol. The van der Waals surface area contributed by atoms with Gasteiger partial charge in [0.05, 0.1) is 11.6 Å². The van der Waals surface area contributed by atoms with Crippen LogP contribution in [0.3, 0.4) is 0 Å². The Bertz CT molecular complexity index is 846. The van der Waals surface area contributed by atoms with E-state index in [1.165, 1.54) is 21.7 Å². The van der Waals surface area contributed by atoms with Gasteiger partial charge in [-0.25, -0.2) is 10.9 Å². The maximum absolute atomic E-state index is 3.54. The maximum atomic E-state index is 3.54. The van der Waals surface area contributed by atoms with Crippen molar-refractivity contribution in [2.24, 2.45) is 0 Å². The van der Waals surface area contributed by atoms with Crippen LogP contribution >= 0.6 is 15.8 Å². The zero-order valence-corrected chi connectivity index (χ0v) is 17.3. The van der Waals surface area contributed by atoms with E-state index in [1.807, 2.05) is 0 Å². The van der Waals surface area contributed by atoms with Crippen LogP contribution in [0.2, 0.25) is 0 Å². The summed E-state index contributed by atoms with van der Waals surface area (Å²) in [6, 6.07) is 30.8. The average Bonchev–Trinajstić information content (AvgIpc) is 3.45. The molecule has 0 radical (unpaired) electrons. The molecule has 2 saturated heterocycles. The fourth-order valence-electron chi connectivity index (χ4n) is 3.99. The van der Waals surface area contributed by atoms with Crippen molar-refractivity contribution in [2.75, 3.05) is 12.6 Å². The number of nitrogens with one attached hydrogen (secondary N) is 4. The lowest BCUT2D eigenvalue weighted by molar-refractivity contribution is 0.608. The third-order valence-electron chi connectivity index (χ3n) is 5.33. The molecule has 2 heterocycles. The molecule has 2 fully saturated rings. The van der Waals surface area contributed by atoms with Gasteiger partial charge < -0.3 is 0 Å². The molecule has 0 spiro atoms. The molecule has 0 aromatic heterocycles. The Balaban J connectivity index is 1.51. The predicted octanol–water partition coefficient (Wildman–Crippen LogP) is 3.43. The monoisotopic (exact) mass is 406 g/mol. The molecule has 2 aliphatic rings. The summed E-state index contributed by atoms with van der Waals surface area (Å²) in [4.78, 5) is 0. The van der Waals surface area contributed by atoms with Crippen LogP contribution in [0.25, 0.3) is 0 Å². The summed E-state index contributed by atoms with van der Waals surface area (Å²) in [6.45, 7) is 0. The summed E-state index contributed by atoms with van der Waals surface area (Å²) in [5, 5.41) is 3.06. The molecule has 0 aliphatic carbocycles. The van der Waals surface area contributed by atoms with E-state index in [0.717, 1.165) is 12.6 Å². The van der Waals surface area contributed by atoms with Crippen molar-refractivity contribution < 1.29 is 0 Å². The zero-order chi connectivity index (χ0) is 18.8. The van der Waals surface area contributed by atoms with Crippen LogP contribution < -0.4 is 32.3 Å². The third-order valence-corrected chi connectivity index (χ3v) is 10.6. The van der Waals surface area contributed by atoms with Crippen LogP contribution in [0.1, 0.15) is 22.7 Å². The number of rotatable bonds is 4. The van der Waals surface area contributed by atoms with E-state index in [4.69, 9.17) is 0 Å². The molecule has 142 valence electrons. The van der Waals surface area contributed by atoms with Crippen molar-refractivity contribution >= 4 is 26.5 Å². The van der Waals surface area contributed by atoms with Crippen LogP contribution in [0, 0.1) is 0 Å². The van der Waals surface area contributed by atoms with Gasteiger partial charge in [0.25, 0.3) is 0 Å². The summed E-state index contributed by atoms with van der Waals surface area (Å²) in [5.74, 6) is 0.706. The normalized spacial score (nSPS) is 27.1. The highest BCUT2D eigenvalue weighted by Gasteiger charge is 2.35. The molecule has 0 bridgehead atoms. The Morgan fingerprint density at radius 2 is 0.929 bits per heavy atom. The summed E-state index contributed by atoms with van der Waals surface area (Å²) >= 11 is 0. The SMILES string of the molecule is c1ccc([C@H]2NNCP2c2ccccc2P2CNN[C@@H]2c2ccccc2)cc1. The first-order valence-corrected chi connectivity index (χ1v) is 12.8. The van der Waals surface area contributed by atoms with E-state index in [2.05, 4.69) is 107 Å². The van der Waals surface area contributed by atoms with Gasteiger partial charge in [-0.05, 0) is 37.6 Å². The molecule has 0 saturated carbocycles. The van der Waals surface area contributed by atoms with E-state index < -0.39 is 0 Å². The van der Waals surface area contributed by atoms with E-state index >= 15 is 0 Å². The van der Waals surface area contributed by atoms with Crippen molar-refractivity contribution in [1.29, 1.82) is 0 Å². The zero-order valence-electron chi connectivity index (χ0n) is 15.5. The number of hydrazine groups is 2. The second-order valence-corrected chi connectivity index (χ2v) is 11.5. The Morgan fingerprint density at radius 1 is 0.536 bits per heavy atom. The molecule has 2 aliphatic heterocycles. The molecule has 4 atom stereocenters. The van der Waals surface area contributed by atoms with Crippen LogP contribution in [-0.4, -0.2) is 12.6 Å². The topological polar surface area (TPSA) is 48.1 Å². The summed E-state index contributed by atoms with van der Waals surface area (Å²) in [6.07, 6.45) is 2.01. The lowest BCUT2D eigenvalue weighted by atomic mass is 10.2. The summed E-state index contributed by atoms with van der Waals surface area (Å²) in [5.41, 5.74) is 16.7. The second kappa shape index (κ2) is 8.39. The number of hydrogen-bond donors (Lipinski definition) is 4. The molecule has 5 rings (SSSR count). The second-order valence-electron chi connectivity index (χ2n) is 7.01. The van der Waals surface area contributed by atoms with Gasteiger partial charge in [-0.1, -0.05) is 84.9 Å². The highest BCUT2D eigenvalue weighted by Crippen LogP contribution is 2.55. The van der Waals surface area contributed by atoms with Crippen LogP contribution in [0.5, 0.6) is 0 Å². The van der Waals surface area contributed by atoms with E-state index in [0.29, 0.717) is 11.6 Å². The van der Waals surface area contributed by atoms with Gasteiger partial charge in [0, 0.05) is 12.6 Å². The molecular formula is C22H24N4P2. The van der Waals surface area contributed by atoms with Gasteiger partial charge in [0.2, 0.25) is 0 Å². The van der Waals surface area contributed by atoms with Crippen LogP contribution in [0.4, 0.5) is 0 Å². The van der Waals surface area contributed by atoms with Crippen molar-refractivity contribution in [3.63, 3.8) is 0 Å². The Labute approximate surface area is 168 Å². The lowest BCUT2D eigenvalue weighted by Gasteiger charge is -2.27. The maximum Gasteiger partial charge on any atom is 0.0711 e. The van der Waals surface area contributed by atoms with Gasteiger partial charge in [0.15, 0.2) is 0 Å². The number of hydrogen-bond acceptors (Lipinski definition) is 4. The molecule has 28 heavy (non-hydrogen) atoms. The van der Waals surface area contributed by atoms with Crippen molar-refractivity contribution in [2.45, 2.75) is 11.6 Å². The summed E-state index contributed by atoms with van der Waals surface area (Å²) in [7, 11) is -0.733. The first-order valence-electron chi connectivity index (χ1n) is 9.61.